The molecule has 0 saturated carbocycles. The summed E-state index contributed by atoms with van der Waals surface area (Å²) in [7, 11) is -9.91. The van der Waals surface area contributed by atoms with E-state index in [2.05, 4.69) is 55.4 Å². The molecule has 0 spiro atoms. The van der Waals surface area contributed by atoms with Gasteiger partial charge in [0.05, 0.1) is 26.4 Å². The van der Waals surface area contributed by atoms with Crippen LogP contribution in [0.2, 0.25) is 0 Å². The highest BCUT2D eigenvalue weighted by Gasteiger charge is 2.30. The van der Waals surface area contributed by atoms with Gasteiger partial charge in [-0.3, -0.25) is 37.3 Å². The van der Waals surface area contributed by atoms with Crippen molar-refractivity contribution in [1.29, 1.82) is 0 Å². The normalized spacial score (nSPS) is 14.2. The highest BCUT2D eigenvalue weighted by atomic mass is 31.2. The van der Waals surface area contributed by atoms with Crippen LogP contribution in [0.25, 0.3) is 0 Å². The van der Waals surface area contributed by atoms with Crippen molar-refractivity contribution in [2.24, 2.45) is 23.7 Å². The van der Waals surface area contributed by atoms with Crippen LogP contribution in [-0.2, 0) is 65.4 Å². The molecule has 0 aromatic carbocycles. The molecule has 3 unspecified atom stereocenters. The van der Waals surface area contributed by atoms with E-state index < -0.39 is 97.5 Å². The second-order valence-electron chi connectivity index (χ2n) is 28.2. The molecule has 92 heavy (non-hydrogen) atoms. The molecule has 0 fully saturated rings. The summed E-state index contributed by atoms with van der Waals surface area (Å²) in [6.45, 7) is 14.1. The van der Waals surface area contributed by atoms with Crippen LogP contribution in [0.1, 0.15) is 364 Å². The highest BCUT2D eigenvalue weighted by Crippen LogP contribution is 2.45. The molecule has 0 radical (unpaired) electrons. The molecule has 0 rings (SSSR count). The first-order chi connectivity index (χ1) is 44.1. The number of carbonyl (C=O) groups excluding carboxylic acids is 4. The third kappa shape index (κ3) is 66.7. The average Bonchev–Trinajstić information content (AvgIpc) is 2.75. The molecular formula is C73H142O17P2. The zero-order chi connectivity index (χ0) is 68.2. The van der Waals surface area contributed by atoms with Gasteiger partial charge in [0.25, 0.3) is 0 Å². The third-order valence-corrected chi connectivity index (χ3v) is 18.7. The van der Waals surface area contributed by atoms with Crippen molar-refractivity contribution >= 4 is 39.5 Å². The van der Waals surface area contributed by atoms with E-state index >= 15 is 0 Å². The summed E-state index contributed by atoms with van der Waals surface area (Å²) in [5.74, 6) is 0.831. The predicted octanol–water partition coefficient (Wildman–Crippen LogP) is 20.9. The Hall–Kier alpha value is -1.94. The Morgan fingerprint density at radius 2 is 0.457 bits per heavy atom. The number of hydrogen-bond acceptors (Lipinski definition) is 15. The van der Waals surface area contributed by atoms with Crippen molar-refractivity contribution in [3.8, 4) is 0 Å². The van der Waals surface area contributed by atoms with Crippen molar-refractivity contribution in [3.05, 3.63) is 0 Å². The smallest absolute Gasteiger partial charge is 0.462 e. The van der Waals surface area contributed by atoms with E-state index in [1.54, 1.807) is 0 Å². The number of phosphoric acid groups is 2. The van der Waals surface area contributed by atoms with Crippen LogP contribution < -0.4 is 0 Å². The van der Waals surface area contributed by atoms with Crippen molar-refractivity contribution < 1.29 is 80.2 Å². The molecule has 19 heteroatoms. The summed E-state index contributed by atoms with van der Waals surface area (Å²) in [4.78, 5) is 72.6. The van der Waals surface area contributed by atoms with E-state index in [4.69, 9.17) is 37.0 Å². The number of carbonyl (C=O) groups is 4. The Balaban J connectivity index is 5.22. The van der Waals surface area contributed by atoms with Crippen LogP contribution in [0, 0.1) is 23.7 Å². The third-order valence-electron chi connectivity index (χ3n) is 16.8. The molecule has 0 aliphatic heterocycles. The zero-order valence-corrected chi connectivity index (χ0v) is 62.0. The zero-order valence-electron chi connectivity index (χ0n) is 60.2. The number of hydrogen-bond donors (Lipinski definition) is 3. The van der Waals surface area contributed by atoms with Gasteiger partial charge in [0.1, 0.15) is 19.3 Å². The summed E-state index contributed by atoms with van der Waals surface area (Å²) in [6, 6.07) is 0. The van der Waals surface area contributed by atoms with Gasteiger partial charge in [-0.1, -0.05) is 312 Å². The van der Waals surface area contributed by atoms with Crippen LogP contribution in [0.4, 0.5) is 0 Å². The highest BCUT2D eigenvalue weighted by molar-refractivity contribution is 7.47. The summed E-state index contributed by atoms with van der Waals surface area (Å²) in [5, 5.41) is 10.6. The molecule has 17 nitrogen and oxygen atoms in total. The Kier molecular flexibility index (Phi) is 61.3. The topological polar surface area (TPSA) is 237 Å². The molecule has 0 aliphatic carbocycles. The second kappa shape index (κ2) is 62.6. The van der Waals surface area contributed by atoms with Crippen molar-refractivity contribution in [2.45, 2.75) is 382 Å². The lowest BCUT2D eigenvalue weighted by molar-refractivity contribution is -0.161. The fourth-order valence-electron chi connectivity index (χ4n) is 11.0. The lowest BCUT2D eigenvalue weighted by Gasteiger charge is -2.21. The molecule has 0 aromatic heterocycles. The number of phosphoric ester groups is 2. The van der Waals surface area contributed by atoms with Gasteiger partial charge in [0.2, 0.25) is 0 Å². The van der Waals surface area contributed by atoms with Crippen molar-refractivity contribution in [2.75, 3.05) is 39.6 Å². The van der Waals surface area contributed by atoms with E-state index in [0.717, 1.165) is 108 Å². The molecule has 0 bridgehead atoms. The number of unbranched alkanes of at least 4 members (excludes halogenated alkanes) is 36. The van der Waals surface area contributed by atoms with E-state index in [0.29, 0.717) is 37.5 Å². The minimum absolute atomic E-state index is 0.101. The molecule has 0 heterocycles. The first-order valence-corrected chi connectivity index (χ1v) is 40.7. The van der Waals surface area contributed by atoms with Crippen LogP contribution >= 0.6 is 15.6 Å². The molecule has 0 aliphatic rings. The fraction of sp³-hybridized carbons (Fsp3) is 0.945. The Morgan fingerprint density at radius 1 is 0.272 bits per heavy atom. The minimum Gasteiger partial charge on any atom is -0.462 e. The summed E-state index contributed by atoms with van der Waals surface area (Å²) >= 11 is 0. The Morgan fingerprint density at radius 3 is 0.674 bits per heavy atom. The van der Waals surface area contributed by atoms with E-state index in [-0.39, 0.29) is 25.7 Å². The van der Waals surface area contributed by atoms with Gasteiger partial charge in [0.15, 0.2) is 12.2 Å². The number of esters is 4. The fourth-order valence-corrected chi connectivity index (χ4v) is 12.6. The molecular weight excluding hydrogens is 1210 g/mol. The quantitative estimate of drug-likeness (QED) is 0.0222. The number of rotatable bonds is 70. The maximum atomic E-state index is 13.1. The van der Waals surface area contributed by atoms with Gasteiger partial charge >= 0.3 is 39.5 Å². The van der Waals surface area contributed by atoms with Gasteiger partial charge in [0, 0.05) is 25.7 Å². The monoisotopic (exact) mass is 1350 g/mol. The lowest BCUT2D eigenvalue weighted by atomic mass is 10.0. The van der Waals surface area contributed by atoms with Crippen LogP contribution in [0.15, 0.2) is 0 Å². The van der Waals surface area contributed by atoms with E-state index in [9.17, 15) is 43.2 Å². The SMILES string of the molecule is CC(C)CCCCCCCCCCCCCCCCC(=O)O[C@H](COC(=O)CCCCCCCCCCCCCCCC(C)C)COP(=O)(O)OCC(O)COP(=O)(O)OC[C@@H](COC(=O)CCCCCCCCCC(C)C)OC(=O)CCCCCCCCC(C)C. The lowest BCUT2D eigenvalue weighted by Crippen LogP contribution is -2.30. The molecule has 0 aromatic rings. The first kappa shape index (κ1) is 90.1. The largest absolute Gasteiger partial charge is 0.472 e. The van der Waals surface area contributed by atoms with Crippen LogP contribution in [0.5, 0.6) is 0 Å². The first-order valence-electron chi connectivity index (χ1n) is 37.7. The average molecular weight is 1350 g/mol. The van der Waals surface area contributed by atoms with E-state index in [1.165, 1.54) is 161 Å². The van der Waals surface area contributed by atoms with Gasteiger partial charge in [-0.2, -0.15) is 0 Å². The molecule has 3 N–H and O–H groups in total. The van der Waals surface area contributed by atoms with Crippen molar-refractivity contribution in [3.63, 3.8) is 0 Å². The molecule has 0 saturated heterocycles. The maximum Gasteiger partial charge on any atom is 0.472 e. The number of aliphatic hydroxyl groups excluding tert-OH is 1. The molecule has 0 amide bonds. The summed E-state index contributed by atoms with van der Waals surface area (Å²) in [6.07, 6.45) is 46.1. The maximum absolute atomic E-state index is 13.1. The Labute approximate surface area is 562 Å². The standard InChI is InChI=1S/C73H142O17P2/c1-63(2)49-41-33-25-20-16-12-9-10-14-19-23-29-39-47-55-72(77)89-68(59-83-70(75)53-45-37-28-22-18-15-11-13-17-21-26-34-42-50-64(3)4)61-87-91(79,80)85-57-67(74)58-86-92(81,82)88-62-69(90-73(78)56-48-40-32-31-36-44-52-66(7)8)60-84-71(76)54-46-38-30-24-27-35-43-51-65(5)6/h63-69,74H,9-62H2,1-8H3,(H,79,80)(H,81,82)/t67?,68-,69-/m1/s1. The summed E-state index contributed by atoms with van der Waals surface area (Å²) in [5.41, 5.74) is 0. The van der Waals surface area contributed by atoms with Gasteiger partial charge in [-0.25, -0.2) is 9.13 Å². The summed E-state index contributed by atoms with van der Waals surface area (Å²) < 4.78 is 68.3. The van der Waals surface area contributed by atoms with Gasteiger partial charge in [-0.05, 0) is 49.4 Å². The van der Waals surface area contributed by atoms with Crippen LogP contribution in [0.3, 0.4) is 0 Å². The van der Waals surface area contributed by atoms with Crippen LogP contribution in [-0.4, -0.2) is 96.7 Å². The van der Waals surface area contributed by atoms with Gasteiger partial charge in [-0.15, -0.1) is 0 Å². The molecule has 5 atom stereocenters. The minimum atomic E-state index is -4.96. The number of ether oxygens (including phenoxy) is 4. The van der Waals surface area contributed by atoms with Crippen molar-refractivity contribution in [1.82, 2.24) is 0 Å². The van der Waals surface area contributed by atoms with Gasteiger partial charge < -0.3 is 33.8 Å². The predicted molar refractivity (Wildman–Crippen MR) is 372 cm³/mol. The number of aliphatic hydroxyl groups is 1. The molecule has 546 valence electrons. The second-order valence-corrected chi connectivity index (χ2v) is 31.1. The Bertz CT molecular complexity index is 1820. The van der Waals surface area contributed by atoms with E-state index in [1.807, 2.05) is 0 Å².